The van der Waals surface area contributed by atoms with Crippen molar-refractivity contribution in [3.05, 3.63) is 152 Å². The molecule has 3 aromatic carbocycles. The van der Waals surface area contributed by atoms with Crippen LogP contribution in [0.4, 0.5) is 0 Å². The molecule has 29 heavy (non-hydrogen) atoms. The van der Waals surface area contributed by atoms with Crippen molar-refractivity contribution in [2.24, 2.45) is 0 Å². The minimum absolute atomic E-state index is 1.02. The van der Waals surface area contributed by atoms with Crippen LogP contribution in [0.15, 0.2) is 136 Å². The Morgan fingerprint density at radius 3 is 0.828 bits per heavy atom. The Morgan fingerprint density at radius 2 is 0.724 bits per heavy atom. The number of benzene rings is 3. The Labute approximate surface area is 177 Å². The summed E-state index contributed by atoms with van der Waals surface area (Å²) in [6.45, 7) is 19.8. The van der Waals surface area contributed by atoms with Crippen LogP contribution in [0.25, 0.3) is 18.2 Å². The van der Waals surface area contributed by atoms with E-state index in [4.69, 9.17) is 0 Å². The molecule has 0 saturated carbocycles. The van der Waals surface area contributed by atoms with Crippen LogP contribution in [0.1, 0.15) is 23.6 Å². The van der Waals surface area contributed by atoms with Crippen LogP contribution in [-0.4, -0.2) is 0 Å². The molecule has 0 fully saturated rings. The summed E-state index contributed by atoms with van der Waals surface area (Å²) in [6, 6.07) is 30.1. The van der Waals surface area contributed by atoms with Crippen molar-refractivity contribution in [2.45, 2.75) is 6.92 Å². The van der Waals surface area contributed by atoms with Gasteiger partial charge in [0.25, 0.3) is 0 Å². The molecule has 0 bridgehead atoms. The maximum Gasteiger partial charge on any atom is -0.0263 e. The summed E-state index contributed by atoms with van der Waals surface area (Å²) in [5, 5.41) is 0. The van der Waals surface area contributed by atoms with Crippen LogP contribution in [-0.2, 0) is 0 Å². The van der Waals surface area contributed by atoms with Crippen molar-refractivity contribution in [1.82, 2.24) is 0 Å². The van der Waals surface area contributed by atoms with Crippen molar-refractivity contribution >= 4 is 18.2 Å². The minimum atomic E-state index is 1.02. The molecular weight excluding hydrogens is 348 g/mol. The smallest absolute Gasteiger partial charge is 0.0263 e. The molecule has 3 rings (SSSR count). The fourth-order valence-corrected chi connectivity index (χ4v) is 1.77. The maximum absolute atomic E-state index is 3.63. The molecule has 0 amide bonds. The fourth-order valence-electron chi connectivity index (χ4n) is 1.77. The highest BCUT2D eigenvalue weighted by atomic mass is 13.8. The normalized spacial score (nSPS) is 8.17. The number of rotatable bonds is 4. The lowest BCUT2D eigenvalue weighted by Gasteiger charge is -1.85. The van der Waals surface area contributed by atoms with Crippen LogP contribution in [0.3, 0.4) is 0 Å². The first kappa shape index (κ1) is 25.4. The Morgan fingerprint density at radius 1 is 0.517 bits per heavy atom. The molecule has 0 aliphatic carbocycles. The molecule has 0 heteroatoms. The van der Waals surface area contributed by atoms with E-state index in [0.717, 1.165) is 5.57 Å². The van der Waals surface area contributed by atoms with E-state index < -0.39 is 0 Å². The lowest BCUT2D eigenvalue weighted by atomic mass is 10.2. The fraction of sp³-hybridized carbons (Fsp3) is 0.0345. The summed E-state index contributed by atoms with van der Waals surface area (Å²) in [4.78, 5) is 0. The molecule has 0 heterocycles. The van der Waals surface area contributed by atoms with Crippen LogP contribution < -0.4 is 0 Å². The SMILES string of the molecule is C=CC(=C)C.C=Cc1ccccc1.C=Cc1ccccc1.C=Cc1ccccc1. The number of hydrogen-bond acceptors (Lipinski definition) is 0. The van der Waals surface area contributed by atoms with Gasteiger partial charge >= 0.3 is 0 Å². The standard InChI is InChI=1S/3C8H8.C5H8/c3*1-2-8-6-4-3-5-7-8;1-4-5(2)3/h3*2-7H,1H2;4H,1-2H2,3H3. The molecule has 0 aliphatic rings. The topological polar surface area (TPSA) is 0 Å². The predicted octanol–water partition coefficient (Wildman–Crippen LogP) is 8.74. The van der Waals surface area contributed by atoms with Gasteiger partial charge in [0.05, 0.1) is 0 Å². The molecule has 0 unspecified atom stereocenters. The van der Waals surface area contributed by atoms with Gasteiger partial charge in [0, 0.05) is 0 Å². The van der Waals surface area contributed by atoms with E-state index in [2.05, 4.69) is 32.9 Å². The van der Waals surface area contributed by atoms with E-state index in [1.165, 1.54) is 16.7 Å². The van der Waals surface area contributed by atoms with Crippen LogP contribution in [0.2, 0.25) is 0 Å². The summed E-state index contributed by atoms with van der Waals surface area (Å²) in [5.74, 6) is 0. The first-order valence-corrected chi connectivity index (χ1v) is 9.37. The molecule has 0 radical (unpaired) electrons. The second-order valence-electron chi connectivity index (χ2n) is 5.89. The van der Waals surface area contributed by atoms with Gasteiger partial charge in [-0.1, -0.05) is 154 Å². The zero-order valence-corrected chi connectivity index (χ0v) is 17.5. The molecule has 0 atom stereocenters. The number of hydrogen-bond donors (Lipinski definition) is 0. The summed E-state index contributed by atoms with van der Waals surface area (Å²) < 4.78 is 0. The largest absolute Gasteiger partial charge is 0.0988 e. The summed E-state index contributed by atoms with van der Waals surface area (Å²) >= 11 is 0. The van der Waals surface area contributed by atoms with E-state index in [0.29, 0.717) is 0 Å². The van der Waals surface area contributed by atoms with Crippen molar-refractivity contribution < 1.29 is 0 Å². The molecule has 0 nitrogen and oxygen atoms in total. The molecule has 0 N–H and O–H groups in total. The predicted molar refractivity (Wildman–Crippen MR) is 135 cm³/mol. The second kappa shape index (κ2) is 17.8. The lowest BCUT2D eigenvalue weighted by molar-refractivity contribution is 1.58. The van der Waals surface area contributed by atoms with E-state index >= 15 is 0 Å². The maximum atomic E-state index is 3.63. The third kappa shape index (κ3) is 15.1. The van der Waals surface area contributed by atoms with Crippen molar-refractivity contribution in [1.29, 1.82) is 0 Å². The molecule has 0 spiro atoms. The highest BCUT2D eigenvalue weighted by molar-refractivity contribution is 5.46. The monoisotopic (exact) mass is 380 g/mol. The Hall–Kier alpha value is -3.64. The highest BCUT2D eigenvalue weighted by Crippen LogP contribution is 1.98. The lowest BCUT2D eigenvalue weighted by Crippen LogP contribution is -1.63. The Balaban J connectivity index is 0.000000367. The van der Waals surface area contributed by atoms with E-state index in [1.807, 2.05) is 116 Å². The molecule has 3 aromatic rings. The van der Waals surface area contributed by atoms with Crippen molar-refractivity contribution in [2.75, 3.05) is 0 Å². The zero-order valence-electron chi connectivity index (χ0n) is 17.5. The van der Waals surface area contributed by atoms with Gasteiger partial charge in [-0.2, -0.15) is 0 Å². The van der Waals surface area contributed by atoms with Crippen molar-refractivity contribution in [3.8, 4) is 0 Å². The third-order valence-corrected chi connectivity index (χ3v) is 3.45. The average molecular weight is 381 g/mol. The van der Waals surface area contributed by atoms with Crippen LogP contribution >= 0.6 is 0 Å². The third-order valence-electron chi connectivity index (χ3n) is 3.45. The molecular formula is C29H32. The van der Waals surface area contributed by atoms with Gasteiger partial charge in [0.15, 0.2) is 0 Å². The molecule has 0 aromatic heterocycles. The molecule has 148 valence electrons. The summed E-state index contributed by atoms with van der Waals surface area (Å²) in [5.41, 5.74) is 4.54. The highest BCUT2D eigenvalue weighted by Gasteiger charge is 1.77. The molecule has 0 saturated heterocycles. The van der Waals surface area contributed by atoms with Gasteiger partial charge < -0.3 is 0 Å². The van der Waals surface area contributed by atoms with E-state index in [9.17, 15) is 0 Å². The quantitative estimate of drug-likeness (QED) is 0.397. The van der Waals surface area contributed by atoms with Gasteiger partial charge in [-0.25, -0.2) is 0 Å². The zero-order chi connectivity index (χ0) is 21.7. The van der Waals surface area contributed by atoms with Crippen LogP contribution in [0, 0.1) is 0 Å². The first-order chi connectivity index (χ1) is 14.1. The van der Waals surface area contributed by atoms with Gasteiger partial charge in [-0.3, -0.25) is 0 Å². The van der Waals surface area contributed by atoms with Crippen molar-refractivity contribution in [3.63, 3.8) is 0 Å². The van der Waals surface area contributed by atoms with Gasteiger partial charge in [-0.15, -0.1) is 0 Å². The van der Waals surface area contributed by atoms with Gasteiger partial charge in [-0.05, 0) is 23.6 Å². The first-order valence-electron chi connectivity index (χ1n) is 9.37. The summed E-state index contributed by atoms with van der Waals surface area (Å²) in [6.07, 6.45) is 7.22. The average Bonchev–Trinajstić information content (AvgIpc) is 2.82. The van der Waals surface area contributed by atoms with Gasteiger partial charge in [0.2, 0.25) is 0 Å². The Bertz CT molecular complexity index is 722. The van der Waals surface area contributed by atoms with Crippen LogP contribution in [0.5, 0.6) is 0 Å². The second-order valence-corrected chi connectivity index (χ2v) is 5.89. The minimum Gasteiger partial charge on any atom is -0.0988 e. The van der Waals surface area contributed by atoms with E-state index in [1.54, 1.807) is 6.08 Å². The summed E-state index contributed by atoms with van der Waals surface area (Å²) in [7, 11) is 0. The Kier molecular flexibility index (Phi) is 15.5. The number of allylic oxidation sites excluding steroid dienone is 2. The van der Waals surface area contributed by atoms with E-state index in [-0.39, 0.29) is 0 Å². The van der Waals surface area contributed by atoms with Gasteiger partial charge in [0.1, 0.15) is 0 Å². The molecule has 0 aliphatic heterocycles.